The number of guanidine groups is 1. The van der Waals surface area contributed by atoms with Crippen molar-refractivity contribution in [2.24, 2.45) is 4.99 Å². The maximum Gasteiger partial charge on any atom is 0.193 e. The van der Waals surface area contributed by atoms with E-state index in [0.29, 0.717) is 11.5 Å². The largest absolute Gasteiger partial charge is 0.378 e. The van der Waals surface area contributed by atoms with E-state index in [0.717, 1.165) is 45.0 Å². The summed E-state index contributed by atoms with van der Waals surface area (Å²) in [7, 11) is 1.90. The molecular formula is C20H32IN3O. The van der Waals surface area contributed by atoms with Crippen LogP contribution in [-0.2, 0) is 10.2 Å². The fraction of sp³-hybridized carbons (Fsp3) is 0.650. The molecule has 0 spiro atoms. The summed E-state index contributed by atoms with van der Waals surface area (Å²) in [5.74, 6) is 1.05. The highest BCUT2D eigenvalue weighted by atomic mass is 127. The van der Waals surface area contributed by atoms with Gasteiger partial charge in [-0.25, -0.2) is 0 Å². The van der Waals surface area contributed by atoms with Crippen molar-refractivity contribution in [2.75, 3.05) is 33.3 Å². The summed E-state index contributed by atoms with van der Waals surface area (Å²) >= 11 is 0. The molecule has 0 unspecified atom stereocenters. The van der Waals surface area contributed by atoms with Crippen molar-refractivity contribution in [3.05, 3.63) is 35.9 Å². The van der Waals surface area contributed by atoms with Crippen LogP contribution in [0.15, 0.2) is 35.3 Å². The van der Waals surface area contributed by atoms with Crippen LogP contribution in [0.4, 0.5) is 0 Å². The number of aliphatic imine (C=N–C) groups is 1. The molecule has 0 aromatic heterocycles. The van der Waals surface area contributed by atoms with Crippen LogP contribution in [0.2, 0.25) is 0 Å². The van der Waals surface area contributed by atoms with Crippen LogP contribution in [0.5, 0.6) is 0 Å². The van der Waals surface area contributed by atoms with Crippen molar-refractivity contribution in [3.8, 4) is 0 Å². The molecule has 1 saturated heterocycles. The fourth-order valence-corrected chi connectivity index (χ4v) is 4.01. The van der Waals surface area contributed by atoms with Crippen LogP contribution in [0, 0.1) is 0 Å². The Bertz CT molecular complexity index is 537. The maximum atomic E-state index is 5.76. The van der Waals surface area contributed by atoms with E-state index in [9.17, 15) is 0 Å². The zero-order valence-corrected chi connectivity index (χ0v) is 17.9. The number of piperidine rings is 1. The minimum atomic E-state index is 0. The second kappa shape index (κ2) is 9.76. The predicted octanol–water partition coefficient (Wildman–Crippen LogP) is 3.80. The Morgan fingerprint density at radius 3 is 2.44 bits per heavy atom. The number of hydrogen-bond donors (Lipinski definition) is 1. The molecule has 0 radical (unpaired) electrons. The molecular weight excluding hydrogens is 425 g/mol. The number of hydrogen-bond acceptors (Lipinski definition) is 2. The lowest BCUT2D eigenvalue weighted by molar-refractivity contribution is 0.0262. The SMILES string of the molecule is CCOC1CCN(C(=NC)NCC2(c3ccccc3)CCC2)CC1.I. The van der Waals surface area contributed by atoms with Gasteiger partial charge in [0.1, 0.15) is 0 Å². The van der Waals surface area contributed by atoms with Crippen molar-refractivity contribution < 1.29 is 4.74 Å². The van der Waals surface area contributed by atoms with Gasteiger partial charge in [0.05, 0.1) is 6.10 Å². The van der Waals surface area contributed by atoms with Crippen molar-refractivity contribution in [2.45, 2.75) is 50.5 Å². The number of halogens is 1. The van der Waals surface area contributed by atoms with Gasteiger partial charge in [0.25, 0.3) is 0 Å². The number of ether oxygens (including phenoxy) is 1. The molecule has 1 aromatic rings. The third-order valence-corrected chi connectivity index (χ3v) is 5.64. The number of likely N-dealkylation sites (tertiary alicyclic amines) is 1. The Balaban J connectivity index is 0.00000225. The highest BCUT2D eigenvalue weighted by Gasteiger charge is 2.38. The van der Waals surface area contributed by atoms with Gasteiger partial charge in [-0.15, -0.1) is 24.0 Å². The minimum Gasteiger partial charge on any atom is -0.378 e. The van der Waals surface area contributed by atoms with Gasteiger partial charge in [0, 0.05) is 38.7 Å². The molecule has 5 heteroatoms. The Morgan fingerprint density at radius 2 is 1.92 bits per heavy atom. The van der Waals surface area contributed by atoms with Crippen LogP contribution in [-0.4, -0.2) is 50.3 Å². The van der Waals surface area contributed by atoms with Crippen molar-refractivity contribution in [3.63, 3.8) is 0 Å². The van der Waals surface area contributed by atoms with Crippen LogP contribution in [0.1, 0.15) is 44.6 Å². The van der Waals surface area contributed by atoms with Crippen molar-refractivity contribution in [1.82, 2.24) is 10.2 Å². The van der Waals surface area contributed by atoms with Crippen LogP contribution in [0.3, 0.4) is 0 Å². The molecule has 1 saturated carbocycles. The highest BCUT2D eigenvalue weighted by Crippen LogP contribution is 2.43. The third kappa shape index (κ3) is 4.88. The lowest BCUT2D eigenvalue weighted by Crippen LogP contribution is -2.52. The Hall–Kier alpha value is -0.820. The van der Waals surface area contributed by atoms with Crippen LogP contribution in [0.25, 0.3) is 0 Å². The summed E-state index contributed by atoms with van der Waals surface area (Å²) in [5.41, 5.74) is 1.76. The summed E-state index contributed by atoms with van der Waals surface area (Å²) in [6.07, 6.45) is 6.48. The number of nitrogens with zero attached hydrogens (tertiary/aromatic N) is 2. The first kappa shape index (κ1) is 20.5. The summed E-state index contributed by atoms with van der Waals surface area (Å²) in [5, 5.41) is 3.66. The first-order valence-corrected chi connectivity index (χ1v) is 9.40. The zero-order chi connectivity index (χ0) is 16.8. The van der Waals surface area contributed by atoms with Crippen molar-refractivity contribution in [1.29, 1.82) is 0 Å². The zero-order valence-electron chi connectivity index (χ0n) is 15.5. The van der Waals surface area contributed by atoms with E-state index in [-0.39, 0.29) is 24.0 Å². The van der Waals surface area contributed by atoms with Gasteiger partial charge >= 0.3 is 0 Å². The van der Waals surface area contributed by atoms with Crippen LogP contribution >= 0.6 is 24.0 Å². The molecule has 2 fully saturated rings. The van der Waals surface area contributed by atoms with E-state index in [4.69, 9.17) is 4.74 Å². The summed E-state index contributed by atoms with van der Waals surface area (Å²) in [6, 6.07) is 11.0. The molecule has 0 atom stereocenters. The lowest BCUT2D eigenvalue weighted by atomic mass is 9.64. The first-order chi connectivity index (χ1) is 11.8. The van der Waals surface area contributed by atoms with Gasteiger partial charge in [0.15, 0.2) is 5.96 Å². The second-order valence-electron chi connectivity index (χ2n) is 7.04. The molecule has 25 heavy (non-hydrogen) atoms. The monoisotopic (exact) mass is 457 g/mol. The average molecular weight is 457 g/mol. The highest BCUT2D eigenvalue weighted by molar-refractivity contribution is 14.0. The molecule has 4 nitrogen and oxygen atoms in total. The Morgan fingerprint density at radius 1 is 1.24 bits per heavy atom. The fourth-order valence-electron chi connectivity index (χ4n) is 4.01. The van der Waals surface area contributed by atoms with E-state index in [1.165, 1.54) is 24.8 Å². The van der Waals surface area contributed by atoms with E-state index in [2.05, 4.69) is 52.5 Å². The molecule has 1 aromatic carbocycles. The second-order valence-corrected chi connectivity index (χ2v) is 7.04. The molecule has 3 rings (SSSR count). The molecule has 1 aliphatic carbocycles. The van der Waals surface area contributed by atoms with E-state index in [1.807, 2.05) is 7.05 Å². The quantitative estimate of drug-likeness (QED) is 0.415. The van der Waals surface area contributed by atoms with E-state index in [1.54, 1.807) is 0 Å². The third-order valence-electron chi connectivity index (χ3n) is 5.64. The Labute approximate surface area is 169 Å². The molecule has 2 aliphatic rings. The van der Waals surface area contributed by atoms with Gasteiger partial charge in [0.2, 0.25) is 0 Å². The molecule has 0 amide bonds. The maximum absolute atomic E-state index is 5.76. The van der Waals surface area contributed by atoms with Gasteiger partial charge < -0.3 is 15.0 Å². The Kier molecular flexibility index (Phi) is 8.00. The van der Waals surface area contributed by atoms with Gasteiger partial charge in [-0.2, -0.15) is 0 Å². The summed E-state index contributed by atoms with van der Waals surface area (Å²) in [4.78, 5) is 6.91. The first-order valence-electron chi connectivity index (χ1n) is 9.40. The average Bonchev–Trinajstić information content (AvgIpc) is 2.59. The predicted molar refractivity (Wildman–Crippen MR) is 115 cm³/mol. The standard InChI is InChI=1S/C20H31N3O.HI/c1-3-24-18-10-14-23(15-11-18)19(21-2)22-16-20(12-7-13-20)17-8-5-4-6-9-17;/h4-6,8-9,18H,3,7,10-16H2,1-2H3,(H,21,22);1H. The van der Waals surface area contributed by atoms with Crippen LogP contribution < -0.4 is 5.32 Å². The molecule has 140 valence electrons. The van der Waals surface area contributed by atoms with Gasteiger partial charge in [-0.05, 0) is 38.2 Å². The summed E-state index contributed by atoms with van der Waals surface area (Å²) < 4.78 is 5.76. The van der Waals surface area contributed by atoms with Gasteiger partial charge in [-0.3, -0.25) is 4.99 Å². The topological polar surface area (TPSA) is 36.9 Å². The summed E-state index contributed by atoms with van der Waals surface area (Å²) in [6.45, 7) is 5.94. The molecule has 1 N–H and O–H groups in total. The van der Waals surface area contributed by atoms with E-state index < -0.39 is 0 Å². The van der Waals surface area contributed by atoms with Crippen molar-refractivity contribution >= 4 is 29.9 Å². The molecule has 1 heterocycles. The molecule has 0 bridgehead atoms. The number of benzene rings is 1. The number of rotatable bonds is 5. The minimum absolute atomic E-state index is 0. The molecule has 1 aliphatic heterocycles. The van der Waals surface area contributed by atoms with Gasteiger partial charge in [-0.1, -0.05) is 36.8 Å². The lowest BCUT2D eigenvalue weighted by Gasteiger charge is -2.44. The smallest absolute Gasteiger partial charge is 0.193 e. The van der Waals surface area contributed by atoms with E-state index >= 15 is 0 Å². The number of nitrogens with one attached hydrogen (secondary N) is 1. The normalized spacial score (nSPS) is 20.6.